The highest BCUT2D eigenvalue weighted by atomic mass is 16.5. The molecule has 0 fully saturated rings. The van der Waals surface area contributed by atoms with E-state index in [1.807, 2.05) is 18.7 Å². The predicted molar refractivity (Wildman–Crippen MR) is 65.9 cm³/mol. The van der Waals surface area contributed by atoms with Crippen molar-refractivity contribution in [1.82, 2.24) is 15.1 Å². The van der Waals surface area contributed by atoms with Crippen molar-refractivity contribution >= 4 is 5.76 Å². The molecule has 0 aliphatic heterocycles. The number of hydrogen-bond donors (Lipinski definition) is 1. The molecule has 1 aromatic heterocycles. The summed E-state index contributed by atoms with van der Waals surface area (Å²) in [5.41, 5.74) is 2.11. The van der Waals surface area contributed by atoms with Gasteiger partial charge in [-0.25, -0.2) is 0 Å². The molecule has 90 valence electrons. The maximum Gasteiger partial charge on any atom is 0.122 e. The molecule has 1 heterocycles. The number of aryl methyl sites for hydroxylation is 1. The second-order valence-electron chi connectivity index (χ2n) is 3.66. The van der Waals surface area contributed by atoms with E-state index in [2.05, 4.69) is 23.9 Å². The maximum atomic E-state index is 5.41. The number of nitrogens with one attached hydrogen (secondary N) is 1. The fourth-order valence-corrected chi connectivity index (χ4v) is 1.54. The molecule has 0 spiro atoms. The molecule has 1 N–H and O–H groups in total. The molecule has 4 heteroatoms. The van der Waals surface area contributed by atoms with Crippen molar-refractivity contribution in [3.05, 3.63) is 24.0 Å². The van der Waals surface area contributed by atoms with Crippen molar-refractivity contribution in [2.24, 2.45) is 7.05 Å². The van der Waals surface area contributed by atoms with Crippen molar-refractivity contribution in [2.45, 2.75) is 26.8 Å². The second-order valence-corrected chi connectivity index (χ2v) is 3.66. The van der Waals surface area contributed by atoms with Crippen LogP contribution in [0.15, 0.2) is 12.8 Å². The van der Waals surface area contributed by atoms with Gasteiger partial charge >= 0.3 is 0 Å². The SMILES string of the molecule is C=C(OCC)c1cnn(C)c1CNCCC. The first-order valence-electron chi connectivity index (χ1n) is 5.74. The lowest BCUT2D eigenvalue weighted by Gasteiger charge is -2.09. The van der Waals surface area contributed by atoms with Crippen LogP contribution in [0.1, 0.15) is 31.5 Å². The zero-order valence-corrected chi connectivity index (χ0v) is 10.4. The standard InChI is InChI=1S/C12H21N3O/c1-5-7-13-9-12-11(8-14-15(12)4)10(3)16-6-2/h8,13H,3,5-7,9H2,1-2,4H3. The second kappa shape index (κ2) is 6.33. The molecule has 0 saturated heterocycles. The molecule has 0 amide bonds. The Bertz CT molecular complexity index is 344. The van der Waals surface area contributed by atoms with Crippen molar-refractivity contribution in [2.75, 3.05) is 13.2 Å². The van der Waals surface area contributed by atoms with Crippen LogP contribution in [-0.4, -0.2) is 22.9 Å². The summed E-state index contributed by atoms with van der Waals surface area (Å²) >= 11 is 0. The Morgan fingerprint density at radius 3 is 2.94 bits per heavy atom. The van der Waals surface area contributed by atoms with Crippen molar-refractivity contribution < 1.29 is 4.74 Å². The summed E-state index contributed by atoms with van der Waals surface area (Å²) in [6.45, 7) is 10.5. The van der Waals surface area contributed by atoms with Gasteiger partial charge in [-0.15, -0.1) is 0 Å². The molecule has 1 rings (SSSR count). The molecule has 0 aliphatic carbocycles. The predicted octanol–water partition coefficient (Wildman–Crippen LogP) is 1.93. The monoisotopic (exact) mass is 223 g/mol. The van der Waals surface area contributed by atoms with Crippen molar-refractivity contribution in [3.63, 3.8) is 0 Å². The summed E-state index contributed by atoms with van der Waals surface area (Å²) < 4.78 is 7.28. The van der Waals surface area contributed by atoms with Crippen LogP contribution in [0.3, 0.4) is 0 Å². The van der Waals surface area contributed by atoms with Crippen LogP contribution in [0.5, 0.6) is 0 Å². The van der Waals surface area contributed by atoms with Crippen LogP contribution in [0.2, 0.25) is 0 Å². The summed E-state index contributed by atoms with van der Waals surface area (Å²) in [6.07, 6.45) is 2.93. The third-order valence-electron chi connectivity index (χ3n) is 2.40. The van der Waals surface area contributed by atoms with E-state index in [-0.39, 0.29) is 0 Å². The Morgan fingerprint density at radius 2 is 2.31 bits per heavy atom. The highest BCUT2D eigenvalue weighted by Crippen LogP contribution is 2.17. The Morgan fingerprint density at radius 1 is 1.56 bits per heavy atom. The molecular formula is C12H21N3O. The first-order valence-corrected chi connectivity index (χ1v) is 5.74. The molecule has 0 aromatic carbocycles. The molecular weight excluding hydrogens is 202 g/mol. The van der Waals surface area contributed by atoms with E-state index in [4.69, 9.17) is 4.74 Å². The highest BCUT2D eigenvalue weighted by molar-refractivity contribution is 5.59. The zero-order chi connectivity index (χ0) is 12.0. The number of aromatic nitrogens is 2. The first-order chi connectivity index (χ1) is 7.70. The van der Waals surface area contributed by atoms with E-state index in [0.29, 0.717) is 12.4 Å². The van der Waals surface area contributed by atoms with Crippen LogP contribution in [0.25, 0.3) is 5.76 Å². The lowest BCUT2D eigenvalue weighted by Crippen LogP contribution is -2.17. The molecule has 0 radical (unpaired) electrons. The van der Waals surface area contributed by atoms with Gasteiger partial charge < -0.3 is 10.1 Å². The van der Waals surface area contributed by atoms with Gasteiger partial charge in [-0.1, -0.05) is 13.5 Å². The van der Waals surface area contributed by atoms with Gasteiger partial charge in [0.05, 0.1) is 24.1 Å². The molecule has 0 atom stereocenters. The van der Waals surface area contributed by atoms with Gasteiger partial charge in [0.2, 0.25) is 0 Å². The van der Waals surface area contributed by atoms with E-state index in [1.165, 1.54) is 0 Å². The summed E-state index contributed by atoms with van der Waals surface area (Å²) in [5, 5.41) is 7.59. The average molecular weight is 223 g/mol. The third kappa shape index (κ3) is 3.10. The van der Waals surface area contributed by atoms with Crippen molar-refractivity contribution in [3.8, 4) is 0 Å². The fraction of sp³-hybridized carbons (Fsp3) is 0.583. The van der Waals surface area contributed by atoms with Crippen LogP contribution >= 0.6 is 0 Å². The van der Waals surface area contributed by atoms with Gasteiger partial charge in [0.25, 0.3) is 0 Å². The highest BCUT2D eigenvalue weighted by Gasteiger charge is 2.11. The molecule has 0 unspecified atom stereocenters. The molecule has 4 nitrogen and oxygen atoms in total. The lowest BCUT2D eigenvalue weighted by molar-refractivity contribution is 0.298. The topological polar surface area (TPSA) is 39.1 Å². The molecule has 16 heavy (non-hydrogen) atoms. The normalized spacial score (nSPS) is 10.4. The van der Waals surface area contributed by atoms with Crippen LogP contribution in [0.4, 0.5) is 0 Å². The van der Waals surface area contributed by atoms with Gasteiger partial charge in [-0.3, -0.25) is 4.68 Å². The summed E-state index contributed by atoms with van der Waals surface area (Å²) in [5.74, 6) is 0.698. The maximum absolute atomic E-state index is 5.41. The van der Waals surface area contributed by atoms with E-state index in [9.17, 15) is 0 Å². The number of rotatable bonds is 7. The summed E-state index contributed by atoms with van der Waals surface area (Å²) in [7, 11) is 1.94. The zero-order valence-electron chi connectivity index (χ0n) is 10.4. The summed E-state index contributed by atoms with van der Waals surface area (Å²) in [4.78, 5) is 0. The van der Waals surface area contributed by atoms with Gasteiger partial charge in [0, 0.05) is 13.6 Å². The van der Waals surface area contributed by atoms with E-state index >= 15 is 0 Å². The molecule has 0 bridgehead atoms. The van der Waals surface area contributed by atoms with E-state index < -0.39 is 0 Å². The minimum absolute atomic E-state index is 0.634. The number of ether oxygens (including phenoxy) is 1. The Labute approximate surface area is 97.3 Å². The fourth-order valence-electron chi connectivity index (χ4n) is 1.54. The van der Waals surface area contributed by atoms with Gasteiger partial charge in [-0.2, -0.15) is 5.10 Å². The van der Waals surface area contributed by atoms with Crippen LogP contribution < -0.4 is 5.32 Å². The largest absolute Gasteiger partial charge is 0.494 e. The molecule has 0 aliphatic rings. The number of nitrogens with zero attached hydrogens (tertiary/aromatic N) is 2. The molecule has 0 saturated carbocycles. The Hall–Kier alpha value is -1.29. The van der Waals surface area contributed by atoms with Crippen LogP contribution in [0, 0.1) is 0 Å². The summed E-state index contributed by atoms with van der Waals surface area (Å²) in [6, 6.07) is 0. The minimum Gasteiger partial charge on any atom is -0.494 e. The Balaban J connectivity index is 2.73. The first kappa shape index (κ1) is 12.8. The minimum atomic E-state index is 0.634. The van der Waals surface area contributed by atoms with Gasteiger partial charge in [0.15, 0.2) is 0 Å². The van der Waals surface area contributed by atoms with Crippen molar-refractivity contribution in [1.29, 1.82) is 0 Å². The van der Waals surface area contributed by atoms with Crippen LogP contribution in [-0.2, 0) is 18.3 Å². The number of hydrogen-bond acceptors (Lipinski definition) is 3. The third-order valence-corrected chi connectivity index (χ3v) is 2.40. The Kier molecular flexibility index (Phi) is 5.05. The van der Waals surface area contributed by atoms with E-state index in [1.54, 1.807) is 6.20 Å². The van der Waals surface area contributed by atoms with Gasteiger partial charge in [-0.05, 0) is 19.9 Å². The molecule has 1 aromatic rings. The van der Waals surface area contributed by atoms with Gasteiger partial charge in [0.1, 0.15) is 5.76 Å². The lowest BCUT2D eigenvalue weighted by atomic mass is 10.2. The van der Waals surface area contributed by atoms with E-state index in [0.717, 1.165) is 30.8 Å². The quantitative estimate of drug-likeness (QED) is 0.567. The smallest absolute Gasteiger partial charge is 0.122 e. The average Bonchev–Trinajstić information content (AvgIpc) is 2.61.